The fraction of sp³-hybridized carbons (Fsp3) is 0.855. The van der Waals surface area contributed by atoms with Gasteiger partial charge in [0.15, 0.2) is 12.4 Å². The van der Waals surface area contributed by atoms with E-state index in [1.165, 1.54) is 270 Å². The second-order valence-electron chi connectivity index (χ2n) is 26.2. The van der Waals surface area contributed by atoms with Crippen LogP contribution in [0.4, 0.5) is 0 Å². The van der Waals surface area contributed by atoms with E-state index in [2.05, 4.69) is 62.5 Å². The van der Waals surface area contributed by atoms with Gasteiger partial charge in [0.2, 0.25) is 0 Å². The Hall–Kier alpha value is -2.75. The highest BCUT2D eigenvalue weighted by atomic mass is 16.7. The van der Waals surface area contributed by atoms with Gasteiger partial charge < -0.3 is 33.3 Å². The largest absolute Gasteiger partial charge is 0.545 e. The highest BCUT2D eigenvalue weighted by molar-refractivity contribution is 5.70. The van der Waals surface area contributed by atoms with Gasteiger partial charge >= 0.3 is 11.9 Å². The van der Waals surface area contributed by atoms with Crippen LogP contribution in [0.2, 0.25) is 0 Å². The number of unbranched alkanes of at least 4 members (excludes halogenated alkanes) is 46. The molecule has 0 aromatic carbocycles. The molecule has 9 nitrogen and oxygen atoms in total. The van der Waals surface area contributed by atoms with Gasteiger partial charge in [-0.05, 0) is 51.4 Å². The molecule has 0 aliphatic heterocycles. The molecule has 0 amide bonds. The number of esters is 2. The van der Waals surface area contributed by atoms with E-state index in [0.29, 0.717) is 23.9 Å². The zero-order valence-electron chi connectivity index (χ0n) is 57.0. The monoisotopic (exact) mass is 1200 g/mol. The zero-order chi connectivity index (χ0) is 61.9. The molecule has 2 atom stereocenters. The Morgan fingerprint density at radius 2 is 0.671 bits per heavy atom. The third kappa shape index (κ3) is 68.6. The molecule has 2 unspecified atom stereocenters. The van der Waals surface area contributed by atoms with E-state index in [1.807, 2.05) is 21.1 Å². The first-order valence-electron chi connectivity index (χ1n) is 36.8. The number of hydrogen-bond acceptors (Lipinski definition) is 8. The van der Waals surface area contributed by atoms with Crippen LogP contribution in [-0.2, 0) is 33.3 Å². The van der Waals surface area contributed by atoms with Crippen molar-refractivity contribution in [3.05, 3.63) is 48.6 Å². The number of allylic oxidation sites excluding steroid dienone is 8. The molecule has 0 rings (SSSR count). The van der Waals surface area contributed by atoms with Crippen LogP contribution in [0.5, 0.6) is 0 Å². The van der Waals surface area contributed by atoms with Crippen molar-refractivity contribution < 1.29 is 42.9 Å². The summed E-state index contributed by atoms with van der Waals surface area (Å²) in [6.07, 6.45) is 83.6. The highest BCUT2D eigenvalue weighted by Gasteiger charge is 2.22. The van der Waals surface area contributed by atoms with E-state index in [-0.39, 0.29) is 32.2 Å². The summed E-state index contributed by atoms with van der Waals surface area (Å²) >= 11 is 0. The van der Waals surface area contributed by atoms with Crippen LogP contribution in [0, 0.1) is 0 Å². The van der Waals surface area contributed by atoms with Crippen LogP contribution >= 0.6 is 0 Å². The Morgan fingerprint density at radius 3 is 1.00 bits per heavy atom. The molecule has 0 fully saturated rings. The van der Waals surface area contributed by atoms with Crippen molar-refractivity contribution in [1.29, 1.82) is 0 Å². The van der Waals surface area contributed by atoms with Crippen molar-refractivity contribution in [3.63, 3.8) is 0 Å². The van der Waals surface area contributed by atoms with Gasteiger partial charge in [-0.2, -0.15) is 0 Å². The summed E-state index contributed by atoms with van der Waals surface area (Å²) in [5.74, 6) is -2.26. The van der Waals surface area contributed by atoms with Crippen molar-refractivity contribution in [2.75, 3.05) is 47.5 Å². The van der Waals surface area contributed by atoms with Crippen molar-refractivity contribution >= 4 is 17.9 Å². The normalized spacial score (nSPS) is 12.9. The van der Waals surface area contributed by atoms with Crippen molar-refractivity contribution in [2.45, 2.75) is 373 Å². The molecular formula is C76H141NO8. The molecule has 0 aliphatic rings. The number of carbonyl (C=O) groups is 3. The molecule has 0 heterocycles. The maximum absolute atomic E-state index is 12.9. The van der Waals surface area contributed by atoms with Gasteiger partial charge in [-0.15, -0.1) is 0 Å². The summed E-state index contributed by atoms with van der Waals surface area (Å²) in [6.45, 7) is 4.70. The number of likely N-dealkylation sites (N-methyl/N-ethyl adjacent to an activating group) is 1. The molecule has 0 spiro atoms. The lowest BCUT2D eigenvalue weighted by Gasteiger charge is -2.26. The summed E-state index contributed by atoms with van der Waals surface area (Å²) in [7, 11) is 5.94. The van der Waals surface area contributed by atoms with Gasteiger partial charge in [0.05, 0.1) is 40.3 Å². The lowest BCUT2D eigenvalue weighted by Crippen LogP contribution is -2.44. The first-order valence-corrected chi connectivity index (χ1v) is 36.8. The molecule has 0 aromatic rings. The van der Waals surface area contributed by atoms with E-state index < -0.39 is 24.3 Å². The number of hydrogen-bond donors (Lipinski definition) is 0. The van der Waals surface area contributed by atoms with Gasteiger partial charge in [0, 0.05) is 12.8 Å². The van der Waals surface area contributed by atoms with Crippen LogP contribution in [0.1, 0.15) is 361 Å². The van der Waals surface area contributed by atoms with E-state index in [9.17, 15) is 19.5 Å². The number of carboxylic acid groups (broad SMARTS) is 1. The van der Waals surface area contributed by atoms with E-state index in [4.69, 9.17) is 18.9 Å². The molecule has 85 heavy (non-hydrogen) atoms. The standard InChI is InChI=1S/C76H141NO8/c1-6-8-10-12-14-16-18-20-22-24-26-28-30-32-34-35-36-37-38-39-41-42-44-46-48-50-52-54-56-58-60-62-64-66-73(78)83-70-72(71-84-76(75(80)81)82-69-68-77(3,4)5)85-74(79)67-65-63-61-59-57-55-53-51-49-47-45-43-40-33-31-29-27-25-23-21-19-17-15-13-11-9-7-2/h9,11,15,17,21,23,27,29,72,76H,6-8,10,12-14,16,18-20,22,24-26,28,30-71H2,1-5H3/b11-9-,17-15-,23-21-,29-27-. The lowest BCUT2D eigenvalue weighted by atomic mass is 10.0. The van der Waals surface area contributed by atoms with Crippen molar-refractivity contribution in [2.24, 2.45) is 0 Å². The second-order valence-corrected chi connectivity index (χ2v) is 26.2. The molecular weight excluding hydrogens is 1050 g/mol. The number of quaternary nitrogens is 1. The zero-order valence-corrected chi connectivity index (χ0v) is 57.0. The van der Waals surface area contributed by atoms with Crippen LogP contribution < -0.4 is 5.11 Å². The van der Waals surface area contributed by atoms with E-state index >= 15 is 0 Å². The summed E-state index contributed by atoms with van der Waals surface area (Å²) in [6, 6.07) is 0. The van der Waals surface area contributed by atoms with Crippen LogP contribution in [0.15, 0.2) is 48.6 Å². The Balaban J connectivity index is 4.02. The predicted octanol–water partition coefficient (Wildman–Crippen LogP) is 21.6. The topological polar surface area (TPSA) is 111 Å². The molecule has 498 valence electrons. The quantitative estimate of drug-likeness (QED) is 0.0195. The predicted molar refractivity (Wildman–Crippen MR) is 362 cm³/mol. The maximum atomic E-state index is 12.9. The third-order valence-electron chi connectivity index (χ3n) is 16.6. The fourth-order valence-corrected chi connectivity index (χ4v) is 11.0. The van der Waals surface area contributed by atoms with Crippen LogP contribution in [0.25, 0.3) is 0 Å². The summed E-state index contributed by atoms with van der Waals surface area (Å²) < 4.78 is 22.8. The molecule has 0 aromatic heterocycles. The van der Waals surface area contributed by atoms with Gasteiger partial charge in [-0.3, -0.25) is 9.59 Å². The minimum absolute atomic E-state index is 0.149. The summed E-state index contributed by atoms with van der Waals surface area (Å²) in [5, 5.41) is 11.8. The average Bonchev–Trinajstić information content (AvgIpc) is 3.48. The summed E-state index contributed by atoms with van der Waals surface area (Å²) in [4.78, 5) is 37.5. The van der Waals surface area contributed by atoms with Gasteiger partial charge in [0.25, 0.3) is 0 Å². The first kappa shape index (κ1) is 82.2. The molecule has 0 N–H and O–H groups in total. The number of rotatable bonds is 69. The van der Waals surface area contributed by atoms with Gasteiger partial charge in [-0.25, -0.2) is 0 Å². The number of nitrogens with zero attached hydrogens (tertiary/aromatic N) is 1. The number of carbonyl (C=O) groups excluding carboxylic acids is 3. The van der Waals surface area contributed by atoms with E-state index in [0.717, 1.165) is 57.8 Å². The Bertz CT molecular complexity index is 1530. The first-order chi connectivity index (χ1) is 41.6. The SMILES string of the molecule is CC/C=C\C/C=C\C/C=C\C/C=C\CCCCCCCCCCCCCCCCC(=O)OC(COC(=O)CCCCCCCCCCCCCCCCCCCCCCCCCCCCCCCCCCC)COC(OCC[N+](C)(C)C)C(=O)[O-]. The Kier molecular flexibility index (Phi) is 65.0. The average molecular weight is 1200 g/mol. The Labute approximate surface area is 527 Å². The lowest BCUT2D eigenvalue weighted by molar-refractivity contribution is -0.870. The molecule has 0 saturated heterocycles. The van der Waals surface area contributed by atoms with Gasteiger partial charge in [0.1, 0.15) is 13.2 Å². The van der Waals surface area contributed by atoms with Gasteiger partial charge in [-0.1, -0.05) is 345 Å². The van der Waals surface area contributed by atoms with E-state index in [1.54, 1.807) is 0 Å². The second kappa shape index (κ2) is 67.2. The molecule has 0 radical (unpaired) electrons. The minimum atomic E-state index is -1.62. The number of carboxylic acids is 1. The number of aliphatic carboxylic acids is 1. The molecule has 0 saturated carbocycles. The van der Waals surface area contributed by atoms with Crippen molar-refractivity contribution in [3.8, 4) is 0 Å². The van der Waals surface area contributed by atoms with Crippen molar-refractivity contribution in [1.82, 2.24) is 0 Å². The molecule has 0 bridgehead atoms. The minimum Gasteiger partial charge on any atom is -0.545 e. The number of ether oxygens (including phenoxy) is 4. The Morgan fingerprint density at radius 1 is 0.365 bits per heavy atom. The smallest absolute Gasteiger partial charge is 0.306 e. The molecule has 9 heteroatoms. The van der Waals surface area contributed by atoms with Crippen LogP contribution in [0.3, 0.4) is 0 Å². The van der Waals surface area contributed by atoms with Crippen LogP contribution in [-0.4, -0.2) is 82.3 Å². The molecule has 0 aliphatic carbocycles. The highest BCUT2D eigenvalue weighted by Crippen LogP contribution is 2.19. The third-order valence-corrected chi connectivity index (χ3v) is 16.6. The fourth-order valence-electron chi connectivity index (χ4n) is 11.0. The summed E-state index contributed by atoms with van der Waals surface area (Å²) in [5.41, 5.74) is 0. The maximum Gasteiger partial charge on any atom is 0.306 e.